The molecule has 0 atom stereocenters. The minimum Gasteiger partial charge on any atom is -0.366 e. The lowest BCUT2D eigenvalue weighted by atomic mass is 9.97. The van der Waals surface area contributed by atoms with Gasteiger partial charge < -0.3 is 4.98 Å². The summed E-state index contributed by atoms with van der Waals surface area (Å²) in [5.74, 6) is 0. The summed E-state index contributed by atoms with van der Waals surface area (Å²) >= 11 is 3.52. The largest absolute Gasteiger partial charge is 0.366 e. The van der Waals surface area contributed by atoms with Crippen molar-refractivity contribution >= 4 is 28.1 Å². The van der Waals surface area contributed by atoms with E-state index in [1.54, 1.807) is 0 Å². The predicted molar refractivity (Wildman–Crippen MR) is 74.1 cm³/mol. The first kappa shape index (κ1) is 11.0. The molecular weight excluding hydrogens is 262 g/mol. The maximum atomic E-state index is 3.87. The summed E-state index contributed by atoms with van der Waals surface area (Å²) in [5, 5.41) is 0. The smallest absolute Gasteiger partial charge is 0.0428 e. The third-order valence-electron chi connectivity index (χ3n) is 2.55. The number of hydrogen-bond donors (Lipinski definition) is 1. The second-order valence-corrected chi connectivity index (χ2v) is 4.29. The lowest BCUT2D eigenvalue weighted by molar-refractivity contribution is 1.41. The van der Waals surface area contributed by atoms with Crippen molar-refractivity contribution in [3.63, 3.8) is 0 Å². The quantitative estimate of drug-likeness (QED) is 0.832. The van der Waals surface area contributed by atoms with Crippen molar-refractivity contribution in [1.82, 2.24) is 4.98 Å². The normalized spacial score (nSPS) is 10.1. The number of nitrogens with one attached hydrogen (secondary N) is 1. The van der Waals surface area contributed by atoms with Gasteiger partial charge in [0.15, 0.2) is 0 Å². The molecule has 16 heavy (non-hydrogen) atoms. The fraction of sp³-hybridized carbons (Fsp3) is 0. The van der Waals surface area contributed by atoms with Gasteiger partial charge in [-0.3, -0.25) is 0 Å². The average Bonchev–Trinajstić information content (AvgIpc) is 2.74. The lowest BCUT2D eigenvalue weighted by Gasteiger charge is -2.08. The fourth-order valence-corrected chi connectivity index (χ4v) is 2.24. The minimum absolute atomic E-state index is 1.05. The van der Waals surface area contributed by atoms with E-state index < -0.39 is 0 Å². The van der Waals surface area contributed by atoms with Crippen molar-refractivity contribution in [3.8, 4) is 11.1 Å². The maximum absolute atomic E-state index is 3.87. The number of aromatic nitrogens is 1. The molecule has 0 unspecified atom stereocenters. The fourth-order valence-electron chi connectivity index (χ4n) is 1.77. The van der Waals surface area contributed by atoms with Crippen LogP contribution in [0.15, 0.2) is 48.2 Å². The molecule has 0 amide bonds. The molecule has 1 N–H and O–H groups in total. The summed E-state index contributed by atoms with van der Waals surface area (Å²) in [5.41, 5.74) is 4.50. The molecule has 1 aromatic heterocycles. The second kappa shape index (κ2) is 4.54. The van der Waals surface area contributed by atoms with Gasteiger partial charge in [0.25, 0.3) is 0 Å². The van der Waals surface area contributed by atoms with Gasteiger partial charge in [0.05, 0.1) is 0 Å². The van der Waals surface area contributed by atoms with E-state index in [9.17, 15) is 0 Å². The molecule has 0 aliphatic heterocycles. The van der Waals surface area contributed by atoms with Crippen molar-refractivity contribution in [2.24, 2.45) is 0 Å². The van der Waals surface area contributed by atoms with Crippen LogP contribution >= 0.6 is 15.9 Å². The van der Waals surface area contributed by atoms with Crippen molar-refractivity contribution in [3.05, 3.63) is 59.4 Å². The van der Waals surface area contributed by atoms with E-state index in [1.165, 1.54) is 0 Å². The van der Waals surface area contributed by atoms with Crippen LogP contribution in [0, 0.1) is 0 Å². The van der Waals surface area contributed by atoms with Crippen LogP contribution in [0.4, 0.5) is 0 Å². The predicted octanol–water partition coefficient (Wildman–Crippen LogP) is 4.73. The molecule has 2 heteroatoms. The summed E-state index contributed by atoms with van der Waals surface area (Å²) in [4.78, 5) is 3.08. The molecule has 80 valence electrons. The van der Waals surface area contributed by atoms with E-state index >= 15 is 0 Å². The molecule has 0 saturated heterocycles. The molecule has 2 aromatic rings. The van der Waals surface area contributed by atoms with Crippen LogP contribution in [0.5, 0.6) is 0 Å². The van der Waals surface area contributed by atoms with E-state index in [0.29, 0.717) is 0 Å². The highest BCUT2D eigenvalue weighted by Crippen LogP contribution is 2.32. The summed E-state index contributed by atoms with van der Waals surface area (Å²) < 4.78 is 1.05. The number of rotatable bonds is 3. The standard InChI is InChI=1S/C14H12BrN/c1-3-10-6-5-7-12(11(10)4-2)13-8-16-9-14(13)15/h3-9,16H,1-2H2. The molecule has 2 rings (SSSR count). The lowest BCUT2D eigenvalue weighted by Crippen LogP contribution is -1.86. The van der Waals surface area contributed by atoms with Crippen LogP contribution in [0.2, 0.25) is 0 Å². The van der Waals surface area contributed by atoms with Crippen LogP contribution < -0.4 is 0 Å². The Hall–Kier alpha value is -1.54. The van der Waals surface area contributed by atoms with Crippen molar-refractivity contribution in [1.29, 1.82) is 0 Å². The number of hydrogen-bond acceptors (Lipinski definition) is 0. The van der Waals surface area contributed by atoms with Gasteiger partial charge in [0.2, 0.25) is 0 Å². The topological polar surface area (TPSA) is 15.8 Å². The summed E-state index contributed by atoms with van der Waals surface area (Å²) in [6.45, 7) is 7.68. The maximum Gasteiger partial charge on any atom is 0.0428 e. The van der Waals surface area contributed by atoms with Crippen LogP contribution in [0.3, 0.4) is 0 Å². The second-order valence-electron chi connectivity index (χ2n) is 3.43. The van der Waals surface area contributed by atoms with Crippen LogP contribution in [0.1, 0.15) is 11.1 Å². The van der Waals surface area contributed by atoms with Crippen molar-refractivity contribution in [2.45, 2.75) is 0 Å². The molecule has 0 aliphatic rings. The highest BCUT2D eigenvalue weighted by atomic mass is 79.9. The van der Waals surface area contributed by atoms with E-state index in [2.05, 4.69) is 40.1 Å². The SMILES string of the molecule is C=Cc1cccc(-c2c[nH]cc2Br)c1C=C. The summed E-state index contributed by atoms with van der Waals surface area (Å²) in [6, 6.07) is 6.14. The van der Waals surface area contributed by atoms with Gasteiger partial charge in [0, 0.05) is 22.4 Å². The van der Waals surface area contributed by atoms with Crippen LogP contribution in [-0.4, -0.2) is 4.98 Å². The Morgan fingerprint density at radius 3 is 2.44 bits per heavy atom. The average molecular weight is 274 g/mol. The Morgan fingerprint density at radius 1 is 1.06 bits per heavy atom. The Bertz CT molecular complexity index is 537. The van der Waals surface area contributed by atoms with Crippen molar-refractivity contribution in [2.75, 3.05) is 0 Å². The zero-order valence-corrected chi connectivity index (χ0v) is 10.4. The van der Waals surface area contributed by atoms with Gasteiger partial charge in [0.1, 0.15) is 0 Å². The third-order valence-corrected chi connectivity index (χ3v) is 3.21. The van der Waals surface area contributed by atoms with E-state index in [1.807, 2.05) is 36.7 Å². The monoisotopic (exact) mass is 273 g/mol. The van der Waals surface area contributed by atoms with Crippen molar-refractivity contribution < 1.29 is 0 Å². The minimum atomic E-state index is 1.05. The van der Waals surface area contributed by atoms with Crippen LogP contribution in [-0.2, 0) is 0 Å². The van der Waals surface area contributed by atoms with Gasteiger partial charge in [-0.15, -0.1) is 0 Å². The molecule has 0 fully saturated rings. The van der Waals surface area contributed by atoms with Gasteiger partial charge >= 0.3 is 0 Å². The van der Waals surface area contributed by atoms with Crippen LogP contribution in [0.25, 0.3) is 23.3 Å². The Balaban J connectivity index is 2.70. The number of halogens is 1. The zero-order valence-electron chi connectivity index (χ0n) is 8.83. The van der Waals surface area contributed by atoms with Gasteiger partial charge in [-0.2, -0.15) is 0 Å². The Labute approximate surface area is 104 Å². The number of aromatic amines is 1. The first-order chi connectivity index (χ1) is 7.77. The van der Waals surface area contributed by atoms with E-state index in [0.717, 1.165) is 26.7 Å². The molecule has 0 saturated carbocycles. The zero-order chi connectivity index (χ0) is 11.5. The first-order valence-corrected chi connectivity index (χ1v) is 5.77. The third kappa shape index (κ3) is 1.76. The van der Waals surface area contributed by atoms with E-state index in [-0.39, 0.29) is 0 Å². The first-order valence-electron chi connectivity index (χ1n) is 4.98. The van der Waals surface area contributed by atoms with Gasteiger partial charge in [-0.1, -0.05) is 43.5 Å². The molecule has 1 heterocycles. The summed E-state index contributed by atoms with van der Waals surface area (Å²) in [6.07, 6.45) is 7.61. The Morgan fingerprint density at radius 2 is 1.88 bits per heavy atom. The molecule has 0 aliphatic carbocycles. The molecule has 1 aromatic carbocycles. The molecular formula is C14H12BrN. The Kier molecular flexibility index (Phi) is 3.11. The number of H-pyrrole nitrogens is 1. The van der Waals surface area contributed by atoms with E-state index in [4.69, 9.17) is 0 Å². The number of benzene rings is 1. The highest BCUT2D eigenvalue weighted by molar-refractivity contribution is 9.10. The molecule has 0 radical (unpaired) electrons. The molecule has 1 nitrogen and oxygen atoms in total. The summed E-state index contributed by atoms with van der Waals surface area (Å²) in [7, 11) is 0. The van der Waals surface area contributed by atoms with Gasteiger partial charge in [-0.05, 0) is 32.6 Å². The molecule has 0 spiro atoms. The highest BCUT2D eigenvalue weighted by Gasteiger charge is 2.09. The van der Waals surface area contributed by atoms with Gasteiger partial charge in [-0.25, -0.2) is 0 Å². The molecule has 0 bridgehead atoms.